The fourth-order valence-electron chi connectivity index (χ4n) is 2.53. The molecule has 0 unspecified atom stereocenters. The zero-order valence-corrected chi connectivity index (χ0v) is 16.5. The SMILES string of the molecule is C/C=C/C1CCCCC1.C=CCNC(=C)CNC=C.Fc1cccc(F)c1. The van der Waals surface area contributed by atoms with Gasteiger partial charge in [-0.25, -0.2) is 8.78 Å². The largest absolute Gasteiger partial charge is 0.386 e. The first-order chi connectivity index (χ1) is 13.0. The number of halogens is 2. The molecule has 1 fully saturated rings. The third-order valence-corrected chi connectivity index (χ3v) is 3.86. The molecule has 0 aromatic heterocycles. The third kappa shape index (κ3) is 15.6. The molecule has 0 radical (unpaired) electrons. The van der Waals surface area contributed by atoms with Crippen LogP contribution < -0.4 is 10.6 Å². The average Bonchev–Trinajstić information content (AvgIpc) is 2.66. The van der Waals surface area contributed by atoms with Gasteiger partial charge in [-0.15, -0.1) is 6.58 Å². The smallest absolute Gasteiger partial charge is 0.126 e. The molecule has 2 rings (SSSR count). The van der Waals surface area contributed by atoms with Gasteiger partial charge in [0.05, 0.1) is 6.54 Å². The maximum Gasteiger partial charge on any atom is 0.126 e. The fraction of sp³-hybridized carbons (Fsp3) is 0.391. The highest BCUT2D eigenvalue weighted by molar-refractivity contribution is 5.04. The van der Waals surface area contributed by atoms with E-state index < -0.39 is 11.6 Å². The van der Waals surface area contributed by atoms with Gasteiger partial charge in [-0.2, -0.15) is 0 Å². The van der Waals surface area contributed by atoms with Gasteiger partial charge < -0.3 is 10.6 Å². The lowest BCUT2D eigenvalue weighted by atomic mass is 9.89. The molecule has 150 valence electrons. The highest BCUT2D eigenvalue weighted by Gasteiger charge is 2.08. The minimum Gasteiger partial charge on any atom is -0.386 e. The van der Waals surface area contributed by atoms with Crippen LogP contribution in [0.25, 0.3) is 0 Å². The average molecular weight is 377 g/mol. The normalized spacial score (nSPS) is 13.4. The molecule has 0 amide bonds. The van der Waals surface area contributed by atoms with Gasteiger partial charge >= 0.3 is 0 Å². The molecule has 2 N–H and O–H groups in total. The molecule has 1 saturated carbocycles. The van der Waals surface area contributed by atoms with Crippen molar-refractivity contribution >= 4 is 0 Å². The predicted octanol–water partition coefficient (Wildman–Crippen LogP) is 6.12. The molecule has 1 aliphatic carbocycles. The minimum absolute atomic E-state index is 0.537. The third-order valence-electron chi connectivity index (χ3n) is 3.86. The second kappa shape index (κ2) is 17.1. The Morgan fingerprint density at radius 2 is 1.78 bits per heavy atom. The van der Waals surface area contributed by atoms with Crippen LogP contribution in [0, 0.1) is 17.6 Å². The van der Waals surface area contributed by atoms with Gasteiger partial charge in [0.25, 0.3) is 0 Å². The van der Waals surface area contributed by atoms with Crippen LogP contribution in [0.1, 0.15) is 39.0 Å². The van der Waals surface area contributed by atoms with Crippen molar-refractivity contribution in [1.29, 1.82) is 0 Å². The van der Waals surface area contributed by atoms with Gasteiger partial charge in [0.15, 0.2) is 0 Å². The van der Waals surface area contributed by atoms with Crippen molar-refractivity contribution in [3.8, 4) is 0 Å². The number of nitrogens with one attached hydrogen (secondary N) is 2. The van der Waals surface area contributed by atoms with E-state index in [1.807, 2.05) is 0 Å². The molecule has 0 aliphatic heterocycles. The van der Waals surface area contributed by atoms with Gasteiger partial charge in [0.1, 0.15) is 11.6 Å². The molecule has 4 heteroatoms. The Labute approximate surface area is 163 Å². The van der Waals surface area contributed by atoms with Crippen molar-refractivity contribution < 1.29 is 8.78 Å². The molecule has 1 aliphatic rings. The molecule has 0 spiro atoms. The van der Waals surface area contributed by atoms with Gasteiger partial charge in [0.2, 0.25) is 0 Å². The number of hydrogen-bond donors (Lipinski definition) is 2. The summed E-state index contributed by atoms with van der Waals surface area (Å²) in [6, 6.07) is 4.55. The summed E-state index contributed by atoms with van der Waals surface area (Å²) in [7, 11) is 0. The Bertz CT molecular complexity index is 530. The van der Waals surface area contributed by atoms with Crippen LogP contribution in [0.4, 0.5) is 8.78 Å². The first kappa shape index (κ1) is 24.6. The van der Waals surface area contributed by atoms with E-state index in [1.54, 1.807) is 12.3 Å². The Kier molecular flexibility index (Phi) is 15.6. The van der Waals surface area contributed by atoms with Crippen LogP contribution in [0.15, 0.2) is 74.1 Å². The van der Waals surface area contributed by atoms with E-state index >= 15 is 0 Å². The van der Waals surface area contributed by atoms with Crippen LogP contribution in [0.2, 0.25) is 0 Å². The van der Waals surface area contributed by atoms with Crippen LogP contribution in [0.5, 0.6) is 0 Å². The van der Waals surface area contributed by atoms with Crippen LogP contribution in [0.3, 0.4) is 0 Å². The zero-order valence-electron chi connectivity index (χ0n) is 16.5. The standard InChI is InChI=1S/C9H16.C8H14N2.C6H4F2/c1-2-6-9-7-4-3-5-8-9;1-4-6-10-8(3)7-9-5-2;7-5-2-1-3-6(8)4-5/h2,6,9H,3-5,7-8H2,1H3;4-5,9-10H,1-3,6-7H2;1-4H/b6-2+;;. The highest BCUT2D eigenvalue weighted by Crippen LogP contribution is 2.24. The van der Waals surface area contributed by atoms with E-state index in [4.69, 9.17) is 0 Å². The van der Waals surface area contributed by atoms with E-state index in [1.165, 1.54) is 50.3 Å². The van der Waals surface area contributed by atoms with E-state index in [2.05, 4.69) is 49.4 Å². The first-order valence-electron chi connectivity index (χ1n) is 9.44. The Morgan fingerprint density at radius 1 is 1.15 bits per heavy atom. The molecular formula is C23H34F2N2. The second-order valence-electron chi connectivity index (χ2n) is 6.22. The maximum absolute atomic E-state index is 11.9. The Hall–Kier alpha value is -2.36. The molecule has 0 heterocycles. The van der Waals surface area contributed by atoms with Crippen LogP contribution in [-0.4, -0.2) is 13.1 Å². The molecule has 1 aromatic rings. The fourth-order valence-corrected chi connectivity index (χ4v) is 2.53. The molecule has 0 bridgehead atoms. The number of benzene rings is 1. The quantitative estimate of drug-likeness (QED) is 0.561. The number of rotatable bonds is 7. The number of hydrogen-bond acceptors (Lipinski definition) is 2. The van der Waals surface area contributed by atoms with E-state index in [0.29, 0.717) is 0 Å². The highest BCUT2D eigenvalue weighted by atomic mass is 19.1. The zero-order chi connectivity index (χ0) is 20.3. The summed E-state index contributed by atoms with van der Waals surface area (Å²) >= 11 is 0. The summed E-state index contributed by atoms with van der Waals surface area (Å²) in [6.07, 6.45) is 15.2. The minimum atomic E-state index is -0.537. The van der Waals surface area contributed by atoms with Crippen LogP contribution in [-0.2, 0) is 0 Å². The van der Waals surface area contributed by atoms with E-state index in [-0.39, 0.29) is 0 Å². The van der Waals surface area contributed by atoms with Crippen molar-refractivity contribution in [3.05, 3.63) is 85.8 Å². The summed E-state index contributed by atoms with van der Waals surface area (Å²) < 4.78 is 23.9. The van der Waals surface area contributed by atoms with Crippen molar-refractivity contribution in [2.45, 2.75) is 39.0 Å². The predicted molar refractivity (Wildman–Crippen MR) is 113 cm³/mol. The maximum atomic E-state index is 11.9. The van der Waals surface area contributed by atoms with Crippen molar-refractivity contribution in [2.75, 3.05) is 13.1 Å². The lowest BCUT2D eigenvalue weighted by Gasteiger charge is -2.17. The monoisotopic (exact) mass is 376 g/mol. The van der Waals surface area contributed by atoms with Crippen molar-refractivity contribution in [3.63, 3.8) is 0 Å². The lowest BCUT2D eigenvalue weighted by Crippen LogP contribution is -2.21. The summed E-state index contributed by atoms with van der Waals surface area (Å²) in [6.45, 7) is 14.4. The Balaban J connectivity index is 0.000000377. The van der Waals surface area contributed by atoms with Gasteiger partial charge in [-0.05, 0) is 44.0 Å². The summed E-state index contributed by atoms with van der Waals surface area (Å²) in [4.78, 5) is 0. The summed E-state index contributed by atoms with van der Waals surface area (Å²) in [5.74, 6) is -0.154. The van der Waals surface area contributed by atoms with Gasteiger partial charge in [-0.3, -0.25) is 0 Å². The molecule has 0 atom stereocenters. The molecule has 27 heavy (non-hydrogen) atoms. The van der Waals surface area contributed by atoms with Crippen molar-refractivity contribution in [1.82, 2.24) is 10.6 Å². The van der Waals surface area contributed by atoms with Crippen molar-refractivity contribution in [2.24, 2.45) is 5.92 Å². The number of allylic oxidation sites excluding steroid dienone is 2. The van der Waals surface area contributed by atoms with Gasteiger partial charge in [0, 0.05) is 18.3 Å². The Morgan fingerprint density at radius 3 is 2.22 bits per heavy atom. The summed E-state index contributed by atoms with van der Waals surface area (Å²) in [5.41, 5.74) is 0.944. The van der Waals surface area contributed by atoms with E-state index in [9.17, 15) is 8.78 Å². The van der Waals surface area contributed by atoms with E-state index in [0.717, 1.165) is 30.8 Å². The first-order valence-corrected chi connectivity index (χ1v) is 9.44. The molecule has 2 nitrogen and oxygen atoms in total. The summed E-state index contributed by atoms with van der Waals surface area (Å²) in [5, 5.41) is 5.97. The topological polar surface area (TPSA) is 24.1 Å². The molecule has 0 saturated heterocycles. The lowest BCUT2D eigenvalue weighted by molar-refractivity contribution is 0.419. The van der Waals surface area contributed by atoms with Crippen LogP contribution >= 0.6 is 0 Å². The molecular weight excluding hydrogens is 342 g/mol. The second-order valence-corrected chi connectivity index (χ2v) is 6.22. The molecule has 1 aromatic carbocycles. The van der Waals surface area contributed by atoms with Gasteiger partial charge in [-0.1, -0.05) is 56.7 Å².